The molecule has 0 unspecified atom stereocenters. The van der Waals surface area contributed by atoms with Crippen LogP contribution in [0.25, 0.3) is 78.1 Å². The van der Waals surface area contributed by atoms with Crippen molar-refractivity contribution in [2.45, 2.75) is 5.41 Å². The zero-order valence-electron chi connectivity index (χ0n) is 29.8. The number of pyridine rings is 4. The summed E-state index contributed by atoms with van der Waals surface area (Å²) < 4.78 is 0. The van der Waals surface area contributed by atoms with Gasteiger partial charge in [-0.3, -0.25) is 19.9 Å². The van der Waals surface area contributed by atoms with Crippen molar-refractivity contribution in [2.75, 3.05) is 0 Å². The molecule has 4 nitrogen and oxygen atoms in total. The monoisotopic (exact) mass is 700 g/mol. The lowest BCUT2D eigenvalue weighted by Crippen LogP contribution is -2.29. The van der Waals surface area contributed by atoms with E-state index in [1.165, 1.54) is 55.6 Å². The van der Waals surface area contributed by atoms with Gasteiger partial charge in [-0.2, -0.15) is 0 Å². The molecule has 4 heteroatoms. The summed E-state index contributed by atoms with van der Waals surface area (Å²) in [7, 11) is 0. The third kappa shape index (κ3) is 4.78. The molecule has 0 fully saturated rings. The highest BCUT2D eigenvalue weighted by molar-refractivity contribution is 5.98. The van der Waals surface area contributed by atoms with Gasteiger partial charge >= 0.3 is 0 Å². The van der Waals surface area contributed by atoms with Gasteiger partial charge in [-0.05, 0) is 115 Å². The van der Waals surface area contributed by atoms with Gasteiger partial charge in [-0.25, -0.2) is 0 Å². The van der Waals surface area contributed by atoms with E-state index in [2.05, 4.69) is 143 Å². The lowest BCUT2D eigenvalue weighted by molar-refractivity contribution is 0.776. The Hall–Kier alpha value is -7.30. The van der Waals surface area contributed by atoms with Gasteiger partial charge in [0.25, 0.3) is 0 Å². The first-order valence-corrected chi connectivity index (χ1v) is 18.6. The van der Waals surface area contributed by atoms with Crippen molar-refractivity contribution in [3.8, 4) is 78.1 Å². The van der Waals surface area contributed by atoms with E-state index < -0.39 is 5.41 Å². The number of nitrogens with zero attached hydrogens (tertiary/aromatic N) is 4. The Balaban J connectivity index is 1.19. The minimum absolute atomic E-state index is 0.616. The van der Waals surface area contributed by atoms with E-state index in [1.54, 1.807) is 12.4 Å². The summed E-state index contributed by atoms with van der Waals surface area (Å²) in [5.41, 5.74) is 20.1. The minimum atomic E-state index is -0.616. The van der Waals surface area contributed by atoms with E-state index in [1.807, 2.05) is 49.1 Å². The summed E-state index contributed by atoms with van der Waals surface area (Å²) in [6.07, 6.45) is 11.3. The molecule has 5 aromatic carbocycles. The number of benzene rings is 5. The molecule has 55 heavy (non-hydrogen) atoms. The van der Waals surface area contributed by atoms with Crippen LogP contribution in [0, 0.1) is 0 Å². The molecule has 4 heterocycles. The molecular formula is C51H32N4. The summed E-state index contributed by atoms with van der Waals surface area (Å²) in [6.45, 7) is 0. The Morgan fingerprint density at radius 1 is 0.291 bits per heavy atom. The Kier molecular flexibility index (Phi) is 7.04. The average Bonchev–Trinajstić information content (AvgIpc) is 3.52. The quantitative estimate of drug-likeness (QED) is 0.183. The maximum atomic E-state index is 4.91. The largest absolute Gasteiger partial charge is 0.264 e. The van der Waals surface area contributed by atoms with Gasteiger partial charge in [0.2, 0.25) is 0 Å². The first-order valence-electron chi connectivity index (χ1n) is 18.6. The van der Waals surface area contributed by atoms with E-state index in [-0.39, 0.29) is 0 Å². The second kappa shape index (κ2) is 12.4. The van der Waals surface area contributed by atoms with E-state index in [4.69, 9.17) is 9.97 Å². The number of hydrogen-bond donors (Lipinski definition) is 0. The fourth-order valence-electron chi connectivity index (χ4n) is 8.95. The predicted octanol–water partition coefficient (Wildman–Crippen LogP) is 11.9. The molecule has 2 aliphatic carbocycles. The Morgan fingerprint density at radius 3 is 1.13 bits per heavy atom. The van der Waals surface area contributed by atoms with Crippen LogP contribution in [0.5, 0.6) is 0 Å². The summed E-state index contributed by atoms with van der Waals surface area (Å²) in [6, 6.07) is 57.4. The van der Waals surface area contributed by atoms with Gasteiger partial charge in [-0.1, -0.05) is 109 Å². The van der Waals surface area contributed by atoms with E-state index >= 15 is 0 Å². The molecule has 4 aromatic heterocycles. The van der Waals surface area contributed by atoms with Gasteiger partial charge in [0.15, 0.2) is 0 Å². The Labute approximate surface area is 319 Å². The van der Waals surface area contributed by atoms with Crippen LogP contribution in [-0.2, 0) is 5.41 Å². The molecule has 0 amide bonds. The van der Waals surface area contributed by atoms with Crippen LogP contribution < -0.4 is 0 Å². The van der Waals surface area contributed by atoms with Crippen LogP contribution in [0.2, 0.25) is 0 Å². The van der Waals surface area contributed by atoms with Crippen molar-refractivity contribution >= 4 is 0 Å². The van der Waals surface area contributed by atoms with Gasteiger partial charge in [0, 0.05) is 59.4 Å². The van der Waals surface area contributed by atoms with E-state index in [9.17, 15) is 0 Å². The second-order valence-electron chi connectivity index (χ2n) is 14.3. The van der Waals surface area contributed by atoms with Crippen LogP contribution in [0.1, 0.15) is 22.3 Å². The van der Waals surface area contributed by atoms with Crippen molar-refractivity contribution in [3.05, 3.63) is 217 Å². The van der Waals surface area contributed by atoms with Crippen molar-refractivity contribution in [2.24, 2.45) is 0 Å². The molecule has 0 bridgehead atoms. The van der Waals surface area contributed by atoms with Crippen molar-refractivity contribution < 1.29 is 0 Å². The number of fused-ring (bicyclic) bond motifs is 12. The maximum absolute atomic E-state index is 4.91. The minimum Gasteiger partial charge on any atom is -0.264 e. The smallest absolute Gasteiger partial charge is 0.0725 e. The Morgan fingerprint density at radius 2 is 0.709 bits per heavy atom. The normalized spacial score (nSPS) is 12.9. The first-order chi connectivity index (χ1) is 27.3. The van der Waals surface area contributed by atoms with Crippen LogP contribution in [-0.4, -0.2) is 19.9 Å². The SMILES string of the molecule is c1cncc(-c2ccc(-c3ccc4c(c3)C3(c5cc(-c6ccc(-c7cccnc7)nc6)ccc5-c5ccccc5-4)c4ccccc4-c4ccccc43)cn2)c1. The average molecular weight is 701 g/mol. The van der Waals surface area contributed by atoms with Crippen LogP contribution >= 0.6 is 0 Å². The fourth-order valence-corrected chi connectivity index (χ4v) is 8.95. The maximum Gasteiger partial charge on any atom is 0.0725 e. The molecule has 0 aliphatic heterocycles. The zero-order chi connectivity index (χ0) is 36.3. The Bertz CT molecular complexity index is 2700. The second-order valence-corrected chi connectivity index (χ2v) is 14.3. The number of aromatic nitrogens is 4. The summed E-state index contributed by atoms with van der Waals surface area (Å²) in [5, 5.41) is 0. The van der Waals surface area contributed by atoms with E-state index in [0.29, 0.717) is 0 Å². The van der Waals surface area contributed by atoms with Gasteiger partial charge < -0.3 is 0 Å². The lowest BCUT2D eigenvalue weighted by Gasteiger charge is -2.36. The van der Waals surface area contributed by atoms with E-state index in [0.717, 1.165) is 44.8 Å². The number of rotatable bonds is 4. The lowest BCUT2D eigenvalue weighted by atomic mass is 9.65. The molecule has 2 aliphatic rings. The third-order valence-electron chi connectivity index (χ3n) is 11.4. The highest BCUT2D eigenvalue weighted by Crippen LogP contribution is 2.62. The number of hydrogen-bond acceptors (Lipinski definition) is 4. The molecular weight excluding hydrogens is 669 g/mol. The molecule has 0 N–H and O–H groups in total. The highest BCUT2D eigenvalue weighted by Gasteiger charge is 2.49. The van der Waals surface area contributed by atoms with Gasteiger partial charge in [0.05, 0.1) is 16.8 Å². The molecule has 0 radical (unpaired) electrons. The van der Waals surface area contributed by atoms with Crippen LogP contribution in [0.15, 0.2) is 195 Å². The fraction of sp³-hybridized carbons (Fsp3) is 0.0196. The standard InChI is InChI=1S/C51H32N4/c1-2-12-40-39(11-1)43-21-17-33(35-19-23-49(54-31-35)37-9-7-25-52-29-37)27-47(43)51(45-15-5-3-13-41(45)42-14-4-6-16-46(42)51)48-28-34(18-22-44(40)48)36-20-24-50(55-32-36)38-10-8-26-53-30-38/h1-32H. The summed E-state index contributed by atoms with van der Waals surface area (Å²) in [4.78, 5) is 18.4. The molecule has 256 valence electrons. The van der Waals surface area contributed by atoms with Crippen molar-refractivity contribution in [1.82, 2.24) is 19.9 Å². The van der Waals surface area contributed by atoms with Gasteiger partial charge in [0.1, 0.15) is 0 Å². The summed E-state index contributed by atoms with van der Waals surface area (Å²) in [5.74, 6) is 0. The molecule has 1 spiro atoms. The molecule has 9 aromatic rings. The van der Waals surface area contributed by atoms with Crippen molar-refractivity contribution in [1.29, 1.82) is 0 Å². The zero-order valence-corrected chi connectivity index (χ0v) is 29.8. The van der Waals surface area contributed by atoms with Crippen LogP contribution in [0.3, 0.4) is 0 Å². The first kappa shape index (κ1) is 31.2. The molecule has 0 saturated heterocycles. The molecule has 0 atom stereocenters. The molecule has 11 rings (SSSR count). The van der Waals surface area contributed by atoms with Gasteiger partial charge in [-0.15, -0.1) is 0 Å². The molecule has 0 saturated carbocycles. The summed E-state index contributed by atoms with van der Waals surface area (Å²) >= 11 is 0. The highest BCUT2D eigenvalue weighted by atomic mass is 14.7. The van der Waals surface area contributed by atoms with Crippen molar-refractivity contribution in [3.63, 3.8) is 0 Å². The third-order valence-corrected chi connectivity index (χ3v) is 11.4. The topological polar surface area (TPSA) is 51.6 Å². The van der Waals surface area contributed by atoms with Crippen LogP contribution in [0.4, 0.5) is 0 Å². The predicted molar refractivity (Wildman–Crippen MR) is 221 cm³/mol.